The van der Waals surface area contributed by atoms with Crippen molar-refractivity contribution in [3.05, 3.63) is 77.3 Å². The molecule has 44 heavy (non-hydrogen) atoms. The molecule has 3 rings (SSSR count). The fourth-order valence-corrected chi connectivity index (χ4v) is 6.11. The minimum atomic E-state index is -4.41. The molecule has 0 saturated heterocycles. The predicted molar refractivity (Wildman–Crippen MR) is 171 cm³/mol. The van der Waals surface area contributed by atoms with Gasteiger partial charge in [-0.25, -0.2) is 8.42 Å². The SMILES string of the molecule is CCC(C)NC(=O)C(C)N(CCc1ccccc1)C(=O)CN(c1cc(Cl)ccc1OC)S(=O)(=O)c1ccc(OC)c(OC)c1. The molecule has 0 heterocycles. The molecule has 0 aliphatic carbocycles. The number of halogens is 1. The second-order valence-corrected chi connectivity index (χ2v) is 12.5. The van der Waals surface area contributed by atoms with Crippen LogP contribution in [0.5, 0.6) is 17.2 Å². The molecule has 3 aromatic rings. The van der Waals surface area contributed by atoms with Crippen LogP contribution in [0.3, 0.4) is 0 Å². The molecule has 0 bridgehead atoms. The summed E-state index contributed by atoms with van der Waals surface area (Å²) in [4.78, 5) is 28.6. The summed E-state index contributed by atoms with van der Waals surface area (Å²) in [6, 6.07) is 17.2. The quantitative estimate of drug-likeness (QED) is 0.249. The van der Waals surface area contributed by atoms with Crippen molar-refractivity contribution >= 4 is 39.1 Å². The van der Waals surface area contributed by atoms with E-state index in [-0.39, 0.29) is 45.6 Å². The van der Waals surface area contributed by atoms with Gasteiger partial charge in [0, 0.05) is 23.7 Å². The number of carbonyl (C=O) groups excluding carboxylic acids is 2. The van der Waals surface area contributed by atoms with Gasteiger partial charge in [-0.15, -0.1) is 0 Å². The van der Waals surface area contributed by atoms with Gasteiger partial charge in [0.15, 0.2) is 11.5 Å². The van der Waals surface area contributed by atoms with Gasteiger partial charge in [0.05, 0.1) is 31.9 Å². The minimum absolute atomic E-state index is 0.0582. The molecule has 0 aromatic heterocycles. The van der Waals surface area contributed by atoms with E-state index in [1.54, 1.807) is 13.0 Å². The zero-order chi connectivity index (χ0) is 32.4. The summed E-state index contributed by atoms with van der Waals surface area (Å²) in [7, 11) is -0.187. The van der Waals surface area contributed by atoms with Crippen molar-refractivity contribution in [1.82, 2.24) is 10.2 Å². The van der Waals surface area contributed by atoms with Crippen LogP contribution in [-0.2, 0) is 26.0 Å². The lowest BCUT2D eigenvalue weighted by Gasteiger charge is -2.33. The van der Waals surface area contributed by atoms with Crippen molar-refractivity contribution in [2.45, 2.75) is 50.6 Å². The minimum Gasteiger partial charge on any atom is -0.495 e. The molecule has 0 spiro atoms. The molecule has 12 heteroatoms. The molecule has 0 fully saturated rings. The Morgan fingerprint density at radius 2 is 1.52 bits per heavy atom. The summed E-state index contributed by atoms with van der Waals surface area (Å²) in [5.74, 6) is -0.209. The number of rotatable bonds is 15. The molecule has 0 aliphatic rings. The maximum absolute atomic E-state index is 14.3. The van der Waals surface area contributed by atoms with E-state index < -0.39 is 28.5 Å². The highest BCUT2D eigenvalue weighted by molar-refractivity contribution is 7.92. The number of amides is 2. The van der Waals surface area contributed by atoms with Crippen molar-refractivity contribution in [1.29, 1.82) is 0 Å². The fourth-order valence-electron chi connectivity index (χ4n) is 4.51. The molecular formula is C32H40ClN3O7S. The Kier molecular flexibility index (Phi) is 12.3. The van der Waals surface area contributed by atoms with Gasteiger partial charge < -0.3 is 24.4 Å². The normalized spacial score (nSPS) is 12.5. The number of nitrogens with one attached hydrogen (secondary N) is 1. The van der Waals surface area contributed by atoms with Crippen LogP contribution in [0.2, 0.25) is 5.02 Å². The number of benzene rings is 3. The van der Waals surface area contributed by atoms with E-state index in [0.29, 0.717) is 18.6 Å². The summed E-state index contributed by atoms with van der Waals surface area (Å²) < 4.78 is 45.6. The molecule has 2 unspecified atom stereocenters. The zero-order valence-corrected chi connectivity index (χ0v) is 27.4. The summed E-state index contributed by atoms with van der Waals surface area (Å²) >= 11 is 6.31. The van der Waals surface area contributed by atoms with Crippen LogP contribution in [0.4, 0.5) is 5.69 Å². The number of methoxy groups -OCH3 is 3. The van der Waals surface area contributed by atoms with Gasteiger partial charge in [0.25, 0.3) is 10.0 Å². The first kappa shape index (κ1) is 34.5. The predicted octanol–water partition coefficient (Wildman–Crippen LogP) is 4.94. The van der Waals surface area contributed by atoms with E-state index in [1.807, 2.05) is 44.2 Å². The number of hydrogen-bond acceptors (Lipinski definition) is 7. The zero-order valence-electron chi connectivity index (χ0n) is 25.9. The highest BCUT2D eigenvalue weighted by Crippen LogP contribution is 2.37. The maximum atomic E-state index is 14.3. The lowest BCUT2D eigenvalue weighted by molar-refractivity contribution is -0.139. The number of nitrogens with zero attached hydrogens (tertiary/aromatic N) is 2. The van der Waals surface area contributed by atoms with E-state index in [1.165, 1.54) is 56.6 Å². The van der Waals surface area contributed by atoms with E-state index in [2.05, 4.69) is 5.32 Å². The first-order valence-corrected chi connectivity index (χ1v) is 16.0. The third-order valence-electron chi connectivity index (χ3n) is 7.28. The topological polar surface area (TPSA) is 114 Å². The van der Waals surface area contributed by atoms with E-state index in [9.17, 15) is 18.0 Å². The fraction of sp³-hybridized carbons (Fsp3) is 0.375. The summed E-state index contributed by atoms with van der Waals surface area (Å²) in [5, 5.41) is 3.16. The van der Waals surface area contributed by atoms with Crippen molar-refractivity contribution < 1.29 is 32.2 Å². The largest absolute Gasteiger partial charge is 0.495 e. The van der Waals surface area contributed by atoms with E-state index in [0.717, 1.165) is 9.87 Å². The van der Waals surface area contributed by atoms with Gasteiger partial charge >= 0.3 is 0 Å². The number of anilines is 1. The lowest BCUT2D eigenvalue weighted by atomic mass is 10.1. The van der Waals surface area contributed by atoms with Crippen molar-refractivity contribution in [2.75, 3.05) is 38.7 Å². The molecule has 10 nitrogen and oxygen atoms in total. The smallest absolute Gasteiger partial charge is 0.265 e. The van der Waals surface area contributed by atoms with E-state index in [4.69, 9.17) is 25.8 Å². The second kappa shape index (κ2) is 15.7. The summed E-state index contributed by atoms with van der Waals surface area (Å²) in [6.07, 6.45) is 1.17. The molecule has 2 amide bonds. The number of sulfonamides is 1. The third-order valence-corrected chi connectivity index (χ3v) is 9.27. The Morgan fingerprint density at radius 1 is 0.886 bits per heavy atom. The molecular weight excluding hydrogens is 606 g/mol. The van der Waals surface area contributed by atoms with Gasteiger partial charge in [-0.2, -0.15) is 0 Å². The van der Waals surface area contributed by atoms with Crippen LogP contribution < -0.4 is 23.8 Å². The van der Waals surface area contributed by atoms with Crippen LogP contribution in [0.15, 0.2) is 71.6 Å². The van der Waals surface area contributed by atoms with Gasteiger partial charge in [0.2, 0.25) is 11.8 Å². The highest BCUT2D eigenvalue weighted by atomic mass is 35.5. The van der Waals surface area contributed by atoms with Gasteiger partial charge in [-0.05, 0) is 62.6 Å². The maximum Gasteiger partial charge on any atom is 0.265 e. The van der Waals surface area contributed by atoms with Crippen LogP contribution in [0.25, 0.3) is 0 Å². The monoisotopic (exact) mass is 645 g/mol. The van der Waals surface area contributed by atoms with Crippen molar-refractivity contribution in [3.8, 4) is 17.2 Å². The molecule has 0 aliphatic heterocycles. The van der Waals surface area contributed by atoms with Crippen LogP contribution in [-0.4, -0.2) is 71.6 Å². The molecule has 238 valence electrons. The molecule has 3 aromatic carbocycles. The first-order valence-electron chi connectivity index (χ1n) is 14.2. The average molecular weight is 646 g/mol. The van der Waals surface area contributed by atoms with Crippen molar-refractivity contribution in [2.24, 2.45) is 0 Å². The Labute approximate surface area is 264 Å². The van der Waals surface area contributed by atoms with Gasteiger partial charge in [-0.1, -0.05) is 48.9 Å². The Morgan fingerprint density at radius 3 is 2.14 bits per heavy atom. The third kappa shape index (κ3) is 8.35. The molecule has 0 radical (unpaired) electrons. The van der Waals surface area contributed by atoms with Gasteiger partial charge in [-0.3, -0.25) is 13.9 Å². The molecule has 1 N–H and O–H groups in total. The van der Waals surface area contributed by atoms with Gasteiger partial charge in [0.1, 0.15) is 18.3 Å². The number of hydrogen-bond donors (Lipinski definition) is 1. The average Bonchev–Trinajstić information content (AvgIpc) is 3.03. The Balaban J connectivity index is 2.10. The summed E-state index contributed by atoms with van der Waals surface area (Å²) in [6.45, 7) is 5.00. The highest BCUT2D eigenvalue weighted by Gasteiger charge is 2.34. The molecule has 0 saturated carbocycles. The Bertz CT molecular complexity index is 1540. The standard InChI is InChI=1S/C32H40ClN3O7S/c1-7-22(2)34-32(38)23(3)35(18-17-24-11-9-8-10-12-24)31(37)21-36(27-19-25(33)13-15-28(27)41-4)44(39,40)26-14-16-29(42-5)30(20-26)43-6/h8-16,19-20,22-23H,7,17-18,21H2,1-6H3,(H,34,38). The van der Waals surface area contributed by atoms with Crippen LogP contribution in [0.1, 0.15) is 32.8 Å². The number of ether oxygens (including phenoxy) is 3. The Hall–Kier alpha value is -3.96. The van der Waals surface area contributed by atoms with Crippen LogP contribution >= 0.6 is 11.6 Å². The lowest BCUT2D eigenvalue weighted by Crippen LogP contribution is -2.53. The number of carbonyl (C=O) groups is 2. The summed E-state index contributed by atoms with van der Waals surface area (Å²) in [5.41, 5.74) is 1.02. The van der Waals surface area contributed by atoms with Crippen molar-refractivity contribution in [3.63, 3.8) is 0 Å². The molecule has 2 atom stereocenters. The van der Waals surface area contributed by atoms with E-state index >= 15 is 0 Å². The second-order valence-electron chi connectivity index (χ2n) is 10.2. The first-order chi connectivity index (χ1) is 21.0. The van der Waals surface area contributed by atoms with Crippen LogP contribution in [0, 0.1) is 0 Å².